The second-order valence-corrected chi connectivity index (χ2v) is 4.85. The lowest BCUT2D eigenvalue weighted by Crippen LogP contribution is -2.12. The number of aromatic hydroxyl groups is 1. The monoisotopic (exact) mass is 260 g/mol. The summed E-state index contributed by atoms with van der Waals surface area (Å²) in [5, 5.41) is 9.44. The fourth-order valence-electron chi connectivity index (χ4n) is 1.24. The number of ether oxygens (including phenoxy) is 1. The van der Waals surface area contributed by atoms with Crippen molar-refractivity contribution >= 4 is 16.1 Å². The van der Waals surface area contributed by atoms with Gasteiger partial charge in [0.2, 0.25) is 0 Å². The number of hydrogen-bond donors (Lipinski definition) is 1. The van der Waals surface area contributed by atoms with E-state index in [-0.39, 0.29) is 11.5 Å². The van der Waals surface area contributed by atoms with Gasteiger partial charge in [0.05, 0.1) is 7.11 Å². The average molecular weight is 260 g/mol. The van der Waals surface area contributed by atoms with Gasteiger partial charge in [-0.1, -0.05) is 6.07 Å². The summed E-state index contributed by atoms with van der Waals surface area (Å²) in [6, 6.07) is 4.12. The topological polar surface area (TPSA) is 89.9 Å². The summed E-state index contributed by atoms with van der Waals surface area (Å²) < 4.78 is 31.6. The number of hydrogen-bond acceptors (Lipinski definition) is 6. The van der Waals surface area contributed by atoms with Crippen LogP contribution in [0.25, 0.3) is 0 Å². The van der Waals surface area contributed by atoms with Gasteiger partial charge >= 0.3 is 16.1 Å². The van der Waals surface area contributed by atoms with E-state index in [1.165, 1.54) is 25.3 Å². The Morgan fingerprint density at radius 3 is 2.53 bits per heavy atom. The van der Waals surface area contributed by atoms with Crippen molar-refractivity contribution in [2.24, 2.45) is 0 Å². The lowest BCUT2D eigenvalue weighted by Gasteiger charge is -2.06. The van der Waals surface area contributed by atoms with Crippen LogP contribution < -0.4 is 4.74 Å². The van der Waals surface area contributed by atoms with Gasteiger partial charge in [0.1, 0.15) is 5.75 Å². The third-order valence-corrected chi connectivity index (χ3v) is 3.01. The molecule has 0 radical (unpaired) electrons. The molecule has 17 heavy (non-hydrogen) atoms. The van der Waals surface area contributed by atoms with Gasteiger partial charge in [0.25, 0.3) is 0 Å². The van der Waals surface area contributed by atoms with Crippen molar-refractivity contribution in [3.05, 3.63) is 23.8 Å². The first-order valence-corrected chi connectivity index (χ1v) is 6.20. The molecule has 1 aromatic rings. The molecule has 0 spiro atoms. The van der Waals surface area contributed by atoms with Gasteiger partial charge < -0.3 is 14.0 Å². The van der Waals surface area contributed by atoms with Crippen LogP contribution >= 0.6 is 0 Å². The highest BCUT2D eigenvalue weighted by atomic mass is 32.2. The van der Waals surface area contributed by atoms with E-state index in [0.29, 0.717) is 5.56 Å². The van der Waals surface area contributed by atoms with Crippen molar-refractivity contribution in [1.82, 2.24) is 0 Å². The van der Waals surface area contributed by atoms with Crippen molar-refractivity contribution in [1.29, 1.82) is 0 Å². The lowest BCUT2D eigenvalue weighted by molar-refractivity contribution is -0.131. The average Bonchev–Trinajstić information content (AvgIpc) is 2.14. The summed E-state index contributed by atoms with van der Waals surface area (Å²) in [4.78, 5) is 10.5. The third kappa shape index (κ3) is 3.95. The summed E-state index contributed by atoms with van der Waals surface area (Å²) in [6.45, 7) is 1.00. The smallest absolute Gasteiger partial charge is 0.319 e. The second-order valence-electron chi connectivity index (χ2n) is 3.28. The van der Waals surface area contributed by atoms with E-state index >= 15 is 0 Å². The molecule has 0 bridgehead atoms. The number of methoxy groups -OCH3 is 1. The fraction of sp³-hybridized carbons (Fsp3) is 0.300. The number of phenolic OH excluding ortho intramolecular Hbond substituents is 1. The predicted octanol–water partition coefficient (Wildman–Crippen LogP) is 0.794. The summed E-state index contributed by atoms with van der Waals surface area (Å²) >= 11 is 0. The molecule has 0 aliphatic carbocycles. The Morgan fingerprint density at radius 2 is 2.06 bits per heavy atom. The molecular weight excluding hydrogens is 248 g/mol. The molecule has 0 aliphatic heterocycles. The van der Waals surface area contributed by atoms with Gasteiger partial charge in [-0.05, 0) is 17.7 Å². The van der Waals surface area contributed by atoms with Crippen LogP contribution in [0, 0.1) is 0 Å². The number of phenols is 1. The van der Waals surface area contributed by atoms with Crippen LogP contribution in [0.5, 0.6) is 11.5 Å². The highest BCUT2D eigenvalue weighted by molar-refractivity contribution is 7.86. The molecule has 0 aliphatic rings. The minimum Gasteiger partial charge on any atom is -0.504 e. The summed E-state index contributed by atoms with van der Waals surface area (Å²) in [6.07, 6.45) is 0. The molecule has 1 N–H and O–H groups in total. The van der Waals surface area contributed by atoms with Gasteiger partial charge in [-0.3, -0.25) is 4.79 Å². The Kier molecular flexibility index (Phi) is 3.95. The van der Waals surface area contributed by atoms with Crippen LogP contribution in [-0.4, -0.2) is 26.6 Å². The lowest BCUT2D eigenvalue weighted by atomic mass is 10.2. The maximum absolute atomic E-state index is 11.3. The molecule has 0 heterocycles. The molecule has 94 valence electrons. The van der Waals surface area contributed by atoms with Crippen LogP contribution in [-0.2, 0) is 24.8 Å². The number of carbonyl (C=O) groups excluding carboxylic acids is 1. The van der Waals surface area contributed by atoms with Crippen LogP contribution in [0.15, 0.2) is 18.2 Å². The van der Waals surface area contributed by atoms with Crippen LogP contribution in [0.1, 0.15) is 12.5 Å². The number of benzene rings is 1. The molecule has 0 fully saturated rings. The normalized spacial score (nSPS) is 10.9. The molecule has 0 atom stereocenters. The first-order valence-electron chi connectivity index (χ1n) is 4.62. The Labute approximate surface area is 98.9 Å². The highest BCUT2D eigenvalue weighted by Crippen LogP contribution is 2.27. The van der Waals surface area contributed by atoms with E-state index in [2.05, 4.69) is 4.18 Å². The van der Waals surface area contributed by atoms with Gasteiger partial charge in [-0.25, -0.2) is 0 Å². The first kappa shape index (κ1) is 13.3. The van der Waals surface area contributed by atoms with E-state index in [4.69, 9.17) is 4.74 Å². The maximum atomic E-state index is 11.3. The molecule has 0 saturated heterocycles. The van der Waals surface area contributed by atoms with Crippen molar-refractivity contribution in [3.63, 3.8) is 0 Å². The van der Waals surface area contributed by atoms with Gasteiger partial charge in [-0.2, -0.15) is 8.42 Å². The minimum atomic E-state index is -3.97. The Balaban J connectivity index is 2.89. The molecular formula is C10H12O6S. The molecule has 0 unspecified atom stereocenters. The SMILES string of the molecule is COc1ccc(CS(=O)(=O)OC(C)=O)cc1O. The standard InChI is InChI=1S/C10H12O6S/c1-7(11)16-17(13,14)6-8-3-4-10(15-2)9(12)5-8/h3-5,12H,6H2,1-2H3. The van der Waals surface area contributed by atoms with Gasteiger partial charge in [-0.15, -0.1) is 0 Å². The van der Waals surface area contributed by atoms with E-state index in [1.807, 2.05) is 0 Å². The zero-order valence-electron chi connectivity index (χ0n) is 9.34. The zero-order chi connectivity index (χ0) is 13.1. The van der Waals surface area contributed by atoms with Crippen molar-refractivity contribution in [3.8, 4) is 11.5 Å². The minimum absolute atomic E-state index is 0.178. The Morgan fingerprint density at radius 1 is 1.41 bits per heavy atom. The van der Waals surface area contributed by atoms with E-state index in [0.717, 1.165) is 6.92 Å². The van der Waals surface area contributed by atoms with E-state index in [9.17, 15) is 18.3 Å². The molecule has 0 aromatic heterocycles. The molecule has 6 nitrogen and oxygen atoms in total. The fourth-order valence-corrected chi connectivity index (χ4v) is 2.24. The molecule has 0 saturated carbocycles. The van der Waals surface area contributed by atoms with Crippen molar-refractivity contribution in [2.75, 3.05) is 7.11 Å². The predicted molar refractivity (Wildman–Crippen MR) is 59.0 cm³/mol. The first-order chi connectivity index (χ1) is 7.84. The molecule has 1 aromatic carbocycles. The Hall–Kier alpha value is -1.76. The maximum Gasteiger partial charge on any atom is 0.319 e. The summed E-state index contributed by atoms with van der Waals surface area (Å²) in [5.41, 5.74) is 0.296. The molecule has 7 heteroatoms. The zero-order valence-corrected chi connectivity index (χ0v) is 10.2. The van der Waals surface area contributed by atoms with Gasteiger partial charge in [0.15, 0.2) is 11.5 Å². The molecule has 0 amide bonds. The second kappa shape index (κ2) is 5.05. The third-order valence-electron chi connectivity index (χ3n) is 1.83. The van der Waals surface area contributed by atoms with Crippen LogP contribution in [0.2, 0.25) is 0 Å². The van der Waals surface area contributed by atoms with Gasteiger partial charge in [0, 0.05) is 6.92 Å². The number of carbonyl (C=O) groups is 1. The van der Waals surface area contributed by atoms with E-state index < -0.39 is 21.8 Å². The Bertz CT molecular complexity index is 520. The molecule has 1 rings (SSSR count). The van der Waals surface area contributed by atoms with Crippen LogP contribution in [0.3, 0.4) is 0 Å². The quantitative estimate of drug-likeness (QED) is 0.805. The van der Waals surface area contributed by atoms with Crippen molar-refractivity contribution < 1.29 is 27.2 Å². The van der Waals surface area contributed by atoms with E-state index in [1.54, 1.807) is 0 Å². The number of rotatable bonds is 4. The summed E-state index contributed by atoms with van der Waals surface area (Å²) in [7, 11) is -2.59. The summed E-state index contributed by atoms with van der Waals surface area (Å²) in [5.74, 6) is -1.34. The highest BCUT2D eigenvalue weighted by Gasteiger charge is 2.16. The largest absolute Gasteiger partial charge is 0.504 e. The van der Waals surface area contributed by atoms with Crippen molar-refractivity contribution in [2.45, 2.75) is 12.7 Å². The van der Waals surface area contributed by atoms with Crippen LogP contribution in [0.4, 0.5) is 0 Å².